The summed E-state index contributed by atoms with van der Waals surface area (Å²) in [6, 6.07) is 19.0. The van der Waals surface area contributed by atoms with Crippen LogP contribution in [0.5, 0.6) is 0 Å². The van der Waals surface area contributed by atoms with Crippen LogP contribution in [0, 0.1) is 0 Å². The fourth-order valence-electron chi connectivity index (χ4n) is 2.91. The highest BCUT2D eigenvalue weighted by Crippen LogP contribution is 2.35. The predicted molar refractivity (Wildman–Crippen MR) is 80.6 cm³/mol. The zero-order valence-electron chi connectivity index (χ0n) is 10.8. The molecule has 0 aliphatic rings. The number of fused-ring (bicyclic) bond motifs is 5. The van der Waals surface area contributed by atoms with Gasteiger partial charge in [-0.3, -0.25) is 0 Å². The Morgan fingerprint density at radius 1 is 0.789 bits per heavy atom. The molecule has 0 aliphatic heterocycles. The van der Waals surface area contributed by atoms with Gasteiger partial charge in [0.2, 0.25) is 0 Å². The number of aryl methyl sites for hydroxylation is 1. The lowest BCUT2D eigenvalue weighted by molar-refractivity contribution is 0.672. The summed E-state index contributed by atoms with van der Waals surface area (Å²) in [5.41, 5.74) is 3.36. The molecule has 4 rings (SSSR count). The lowest BCUT2D eigenvalue weighted by atomic mass is 9.99. The van der Waals surface area contributed by atoms with Gasteiger partial charge < -0.3 is 4.42 Å². The van der Waals surface area contributed by atoms with Crippen molar-refractivity contribution in [2.45, 2.75) is 13.3 Å². The average molecular weight is 246 g/mol. The molecular formula is C18H14O. The fourth-order valence-corrected chi connectivity index (χ4v) is 2.91. The summed E-state index contributed by atoms with van der Waals surface area (Å²) in [5, 5.41) is 4.95. The van der Waals surface area contributed by atoms with Gasteiger partial charge in [-0.2, -0.15) is 0 Å². The molecular weight excluding hydrogens is 232 g/mol. The average Bonchev–Trinajstić information content (AvgIpc) is 2.85. The molecule has 1 heteroatoms. The van der Waals surface area contributed by atoms with Crippen molar-refractivity contribution in [1.29, 1.82) is 0 Å². The maximum atomic E-state index is 6.07. The van der Waals surface area contributed by atoms with Crippen molar-refractivity contribution in [2.24, 2.45) is 0 Å². The van der Waals surface area contributed by atoms with Gasteiger partial charge in [-0.15, -0.1) is 0 Å². The first-order valence-electron chi connectivity index (χ1n) is 6.70. The number of rotatable bonds is 1. The third-order valence-corrected chi connectivity index (χ3v) is 3.85. The second kappa shape index (κ2) is 3.86. The maximum absolute atomic E-state index is 6.07. The van der Waals surface area contributed by atoms with Crippen LogP contribution >= 0.6 is 0 Å². The van der Waals surface area contributed by atoms with Crippen molar-refractivity contribution in [3.05, 3.63) is 60.2 Å². The first kappa shape index (κ1) is 10.6. The minimum absolute atomic E-state index is 0.968. The molecule has 1 heterocycles. The minimum Gasteiger partial charge on any atom is -0.455 e. The van der Waals surface area contributed by atoms with Crippen molar-refractivity contribution in [1.82, 2.24) is 0 Å². The van der Waals surface area contributed by atoms with Crippen LogP contribution in [0.3, 0.4) is 0 Å². The smallest absolute Gasteiger partial charge is 0.143 e. The van der Waals surface area contributed by atoms with E-state index in [-0.39, 0.29) is 0 Å². The van der Waals surface area contributed by atoms with Crippen molar-refractivity contribution < 1.29 is 4.42 Å². The molecule has 4 aromatic rings. The number of hydrogen-bond acceptors (Lipinski definition) is 1. The van der Waals surface area contributed by atoms with Gasteiger partial charge in [0.15, 0.2) is 0 Å². The van der Waals surface area contributed by atoms with Crippen LogP contribution < -0.4 is 0 Å². The molecule has 0 radical (unpaired) electrons. The molecule has 0 saturated heterocycles. The molecule has 92 valence electrons. The van der Waals surface area contributed by atoms with Crippen molar-refractivity contribution in [3.63, 3.8) is 0 Å². The number of furan rings is 1. The third-order valence-electron chi connectivity index (χ3n) is 3.85. The molecule has 0 unspecified atom stereocenters. The highest BCUT2D eigenvalue weighted by molar-refractivity contribution is 6.15. The van der Waals surface area contributed by atoms with Gasteiger partial charge in [-0.05, 0) is 29.5 Å². The Kier molecular flexibility index (Phi) is 2.16. The van der Waals surface area contributed by atoms with E-state index < -0.39 is 0 Å². The molecule has 0 bridgehead atoms. The summed E-state index contributed by atoms with van der Waals surface area (Å²) in [7, 11) is 0. The Hall–Kier alpha value is -2.28. The standard InChI is InChI=1S/C18H14O/c1-2-12-11-16-14-8-5-6-10-17(14)19-18(16)15-9-4-3-7-13(12)15/h3-11H,2H2,1H3. The second-order valence-electron chi connectivity index (χ2n) is 4.91. The Morgan fingerprint density at radius 3 is 2.26 bits per heavy atom. The Morgan fingerprint density at radius 2 is 1.47 bits per heavy atom. The second-order valence-corrected chi connectivity index (χ2v) is 4.91. The van der Waals surface area contributed by atoms with Gasteiger partial charge in [0, 0.05) is 16.2 Å². The summed E-state index contributed by atoms with van der Waals surface area (Å²) >= 11 is 0. The van der Waals surface area contributed by atoms with E-state index in [1.807, 2.05) is 12.1 Å². The van der Waals surface area contributed by atoms with E-state index >= 15 is 0 Å². The molecule has 0 amide bonds. The molecule has 1 aromatic heterocycles. The highest BCUT2D eigenvalue weighted by Gasteiger charge is 2.11. The zero-order chi connectivity index (χ0) is 12.8. The number of hydrogen-bond donors (Lipinski definition) is 0. The SMILES string of the molecule is CCc1cc2c3ccccc3oc2c2ccccc12. The lowest BCUT2D eigenvalue weighted by Gasteiger charge is -2.05. The minimum atomic E-state index is 0.968. The van der Waals surface area contributed by atoms with E-state index in [9.17, 15) is 0 Å². The molecule has 3 aromatic carbocycles. The van der Waals surface area contributed by atoms with Gasteiger partial charge in [0.25, 0.3) is 0 Å². The van der Waals surface area contributed by atoms with E-state index in [2.05, 4.69) is 49.4 Å². The Bertz CT molecular complexity index is 899. The topological polar surface area (TPSA) is 13.1 Å². The normalized spacial score (nSPS) is 11.6. The Labute approximate surface area is 111 Å². The zero-order valence-corrected chi connectivity index (χ0v) is 10.8. The molecule has 0 spiro atoms. The van der Waals surface area contributed by atoms with Crippen molar-refractivity contribution in [3.8, 4) is 0 Å². The first-order valence-corrected chi connectivity index (χ1v) is 6.70. The van der Waals surface area contributed by atoms with Crippen molar-refractivity contribution >= 4 is 32.7 Å². The fraction of sp³-hybridized carbons (Fsp3) is 0.111. The first-order chi connectivity index (χ1) is 9.38. The summed E-state index contributed by atoms with van der Waals surface area (Å²) < 4.78 is 6.07. The number of para-hydroxylation sites is 1. The van der Waals surface area contributed by atoms with Crippen LogP contribution in [0.25, 0.3) is 32.7 Å². The molecule has 0 saturated carbocycles. The highest BCUT2D eigenvalue weighted by atomic mass is 16.3. The maximum Gasteiger partial charge on any atom is 0.143 e. The van der Waals surface area contributed by atoms with E-state index in [0.717, 1.165) is 17.6 Å². The molecule has 1 nitrogen and oxygen atoms in total. The third kappa shape index (κ3) is 1.42. The van der Waals surface area contributed by atoms with Gasteiger partial charge in [-0.25, -0.2) is 0 Å². The van der Waals surface area contributed by atoms with E-state index in [1.165, 1.54) is 27.1 Å². The summed E-state index contributed by atoms with van der Waals surface area (Å²) in [6.45, 7) is 2.20. The molecule has 19 heavy (non-hydrogen) atoms. The summed E-state index contributed by atoms with van der Waals surface area (Å²) in [4.78, 5) is 0. The van der Waals surface area contributed by atoms with E-state index in [1.54, 1.807) is 0 Å². The van der Waals surface area contributed by atoms with Gasteiger partial charge in [-0.1, -0.05) is 49.4 Å². The molecule has 0 fully saturated rings. The van der Waals surface area contributed by atoms with Gasteiger partial charge in [0.05, 0.1) is 0 Å². The van der Waals surface area contributed by atoms with Crippen LogP contribution in [0.4, 0.5) is 0 Å². The monoisotopic (exact) mass is 246 g/mol. The van der Waals surface area contributed by atoms with Crippen LogP contribution in [-0.4, -0.2) is 0 Å². The molecule has 0 atom stereocenters. The number of benzene rings is 3. The van der Waals surface area contributed by atoms with Crippen molar-refractivity contribution in [2.75, 3.05) is 0 Å². The quantitative estimate of drug-likeness (QED) is 0.444. The van der Waals surface area contributed by atoms with Crippen LogP contribution in [0.2, 0.25) is 0 Å². The van der Waals surface area contributed by atoms with Crippen LogP contribution in [0.15, 0.2) is 59.0 Å². The van der Waals surface area contributed by atoms with Crippen LogP contribution in [-0.2, 0) is 6.42 Å². The summed E-state index contributed by atoms with van der Waals surface area (Å²) in [6.07, 6.45) is 1.04. The molecule has 0 aliphatic carbocycles. The summed E-state index contributed by atoms with van der Waals surface area (Å²) in [5.74, 6) is 0. The molecule has 0 N–H and O–H groups in total. The van der Waals surface area contributed by atoms with E-state index in [4.69, 9.17) is 4.42 Å². The lowest BCUT2D eigenvalue weighted by Crippen LogP contribution is -1.84. The van der Waals surface area contributed by atoms with Gasteiger partial charge >= 0.3 is 0 Å². The van der Waals surface area contributed by atoms with Gasteiger partial charge in [0.1, 0.15) is 11.2 Å². The predicted octanol–water partition coefficient (Wildman–Crippen LogP) is 5.30. The largest absolute Gasteiger partial charge is 0.455 e. The van der Waals surface area contributed by atoms with E-state index in [0.29, 0.717) is 0 Å². The van der Waals surface area contributed by atoms with Crippen LogP contribution in [0.1, 0.15) is 12.5 Å². The Balaban J connectivity index is 2.32.